The summed E-state index contributed by atoms with van der Waals surface area (Å²) >= 11 is 0. The first-order valence-electron chi connectivity index (χ1n) is 7.33. The van der Waals surface area contributed by atoms with Crippen LogP contribution in [0.3, 0.4) is 0 Å². The van der Waals surface area contributed by atoms with Crippen LogP contribution in [0.4, 0.5) is 17.2 Å². The lowest BCUT2D eigenvalue weighted by Gasteiger charge is -2.24. The van der Waals surface area contributed by atoms with Crippen molar-refractivity contribution in [1.29, 1.82) is 0 Å². The number of pyridine rings is 1. The Kier molecular flexibility index (Phi) is 3.60. The lowest BCUT2D eigenvalue weighted by molar-refractivity contribution is 0.0987. The molecule has 1 amide bonds. The molecule has 21 heavy (non-hydrogen) atoms. The number of anilines is 3. The molecule has 2 heterocycles. The Morgan fingerprint density at radius 2 is 1.86 bits per heavy atom. The summed E-state index contributed by atoms with van der Waals surface area (Å²) in [5.74, 6) is 0.747. The third-order valence-corrected chi connectivity index (χ3v) is 3.85. The number of benzene rings is 1. The number of rotatable bonds is 3. The van der Waals surface area contributed by atoms with Crippen molar-refractivity contribution in [3.8, 4) is 0 Å². The van der Waals surface area contributed by atoms with E-state index >= 15 is 0 Å². The zero-order chi connectivity index (χ0) is 14.8. The molecule has 1 aromatic heterocycles. The normalized spacial score (nSPS) is 13.7. The number of nitrogens with zero attached hydrogens (tertiary/aromatic N) is 3. The molecule has 0 atom stereocenters. The molecule has 0 radical (unpaired) electrons. The van der Waals surface area contributed by atoms with Gasteiger partial charge in [-0.3, -0.25) is 4.79 Å². The number of amides is 1. The van der Waals surface area contributed by atoms with E-state index in [0.717, 1.165) is 30.8 Å². The Balaban J connectivity index is 2.18. The van der Waals surface area contributed by atoms with E-state index in [-0.39, 0.29) is 5.91 Å². The maximum atomic E-state index is 12.9. The fourth-order valence-electron chi connectivity index (χ4n) is 2.71. The second-order valence-electron chi connectivity index (χ2n) is 5.23. The van der Waals surface area contributed by atoms with Crippen molar-refractivity contribution in [3.63, 3.8) is 0 Å². The predicted octanol–water partition coefficient (Wildman–Crippen LogP) is 3.61. The van der Waals surface area contributed by atoms with Gasteiger partial charge in [-0.05, 0) is 30.7 Å². The second-order valence-corrected chi connectivity index (χ2v) is 5.23. The molecule has 0 bridgehead atoms. The van der Waals surface area contributed by atoms with E-state index < -0.39 is 0 Å². The average Bonchev–Trinajstić information content (AvgIpc) is 2.62. The average molecular weight is 281 g/mol. The molecule has 1 aliphatic rings. The fraction of sp³-hybridized carbons (Fsp3) is 0.294. The zero-order valence-electron chi connectivity index (χ0n) is 12.4. The van der Waals surface area contributed by atoms with Crippen molar-refractivity contribution < 1.29 is 4.79 Å². The van der Waals surface area contributed by atoms with E-state index in [4.69, 9.17) is 0 Å². The van der Waals surface area contributed by atoms with E-state index in [0.29, 0.717) is 11.4 Å². The number of carbonyl (C=O) groups is 1. The maximum Gasteiger partial charge on any atom is 0.262 e. The number of aromatic nitrogens is 1. The summed E-state index contributed by atoms with van der Waals surface area (Å²) in [5, 5.41) is 0. The summed E-state index contributed by atoms with van der Waals surface area (Å²) < 4.78 is 0. The van der Waals surface area contributed by atoms with Gasteiger partial charge < -0.3 is 9.80 Å². The van der Waals surface area contributed by atoms with Gasteiger partial charge in [-0.15, -0.1) is 0 Å². The SMILES string of the molecule is CCCCN1C(=O)c2cccnc2N(C)c2ccccc21. The van der Waals surface area contributed by atoms with Crippen LogP contribution in [0.15, 0.2) is 42.6 Å². The number of para-hydroxylation sites is 2. The lowest BCUT2D eigenvalue weighted by Crippen LogP contribution is -2.31. The monoisotopic (exact) mass is 281 g/mol. The first-order valence-corrected chi connectivity index (χ1v) is 7.33. The molecular weight excluding hydrogens is 262 g/mol. The number of unbranched alkanes of at least 4 members (excludes halogenated alkanes) is 1. The minimum absolute atomic E-state index is 0.0309. The molecule has 3 rings (SSSR count). The van der Waals surface area contributed by atoms with Crippen LogP contribution in [0.5, 0.6) is 0 Å². The van der Waals surface area contributed by atoms with Crippen LogP contribution in [0.2, 0.25) is 0 Å². The molecule has 108 valence electrons. The fourth-order valence-corrected chi connectivity index (χ4v) is 2.71. The number of hydrogen-bond donors (Lipinski definition) is 0. The van der Waals surface area contributed by atoms with Crippen molar-refractivity contribution in [3.05, 3.63) is 48.2 Å². The molecule has 0 saturated heterocycles. The molecule has 0 aliphatic carbocycles. The minimum atomic E-state index is 0.0309. The van der Waals surface area contributed by atoms with Crippen molar-refractivity contribution in [1.82, 2.24) is 4.98 Å². The van der Waals surface area contributed by atoms with Crippen LogP contribution < -0.4 is 9.80 Å². The van der Waals surface area contributed by atoms with E-state index in [1.165, 1.54) is 0 Å². The van der Waals surface area contributed by atoms with Gasteiger partial charge in [0.1, 0.15) is 5.82 Å². The highest BCUT2D eigenvalue weighted by Crippen LogP contribution is 2.38. The number of fused-ring (bicyclic) bond motifs is 2. The van der Waals surface area contributed by atoms with Crippen molar-refractivity contribution in [2.24, 2.45) is 0 Å². The van der Waals surface area contributed by atoms with Crippen LogP contribution in [0, 0.1) is 0 Å². The minimum Gasteiger partial charge on any atom is -0.327 e. The lowest BCUT2D eigenvalue weighted by atomic mass is 10.2. The van der Waals surface area contributed by atoms with Gasteiger partial charge in [0.15, 0.2) is 0 Å². The molecule has 0 unspecified atom stereocenters. The van der Waals surface area contributed by atoms with Gasteiger partial charge >= 0.3 is 0 Å². The topological polar surface area (TPSA) is 36.4 Å². The summed E-state index contributed by atoms with van der Waals surface area (Å²) in [6.45, 7) is 2.87. The molecule has 1 aromatic carbocycles. The van der Waals surface area contributed by atoms with Crippen LogP contribution >= 0.6 is 0 Å². The highest BCUT2D eigenvalue weighted by atomic mass is 16.2. The van der Waals surface area contributed by atoms with Gasteiger partial charge in [0, 0.05) is 19.8 Å². The van der Waals surface area contributed by atoms with Crippen molar-refractivity contribution in [2.45, 2.75) is 19.8 Å². The summed E-state index contributed by atoms with van der Waals surface area (Å²) in [4.78, 5) is 21.2. The van der Waals surface area contributed by atoms with Gasteiger partial charge in [-0.1, -0.05) is 25.5 Å². The van der Waals surface area contributed by atoms with Crippen LogP contribution in [0.1, 0.15) is 30.1 Å². The van der Waals surface area contributed by atoms with Crippen molar-refractivity contribution in [2.75, 3.05) is 23.4 Å². The standard InChI is InChI=1S/C17H19N3O/c1-3-4-12-20-15-10-6-5-9-14(15)19(2)16-13(17(20)21)8-7-11-18-16/h5-11H,3-4,12H2,1-2H3. The first kappa shape index (κ1) is 13.6. The van der Waals surface area contributed by atoms with Gasteiger partial charge in [-0.25, -0.2) is 4.98 Å². The highest BCUT2D eigenvalue weighted by molar-refractivity contribution is 6.13. The molecular formula is C17H19N3O. The molecule has 4 heteroatoms. The van der Waals surface area contributed by atoms with E-state index in [9.17, 15) is 4.79 Å². The molecule has 4 nitrogen and oxygen atoms in total. The van der Waals surface area contributed by atoms with Crippen molar-refractivity contribution >= 4 is 23.1 Å². The summed E-state index contributed by atoms with van der Waals surface area (Å²) in [5.41, 5.74) is 2.63. The molecule has 0 spiro atoms. The molecule has 2 aromatic rings. The molecule has 0 N–H and O–H groups in total. The first-order chi connectivity index (χ1) is 10.2. The number of carbonyl (C=O) groups excluding carboxylic acids is 1. The van der Waals surface area contributed by atoms with E-state index in [1.807, 2.05) is 53.2 Å². The Hall–Kier alpha value is -2.36. The maximum absolute atomic E-state index is 12.9. The Bertz CT molecular complexity index is 669. The summed E-state index contributed by atoms with van der Waals surface area (Å²) in [6, 6.07) is 11.7. The third-order valence-electron chi connectivity index (χ3n) is 3.85. The molecule has 0 saturated carbocycles. The number of hydrogen-bond acceptors (Lipinski definition) is 3. The Labute approximate surface area is 125 Å². The van der Waals surface area contributed by atoms with Gasteiger partial charge in [0.2, 0.25) is 0 Å². The predicted molar refractivity (Wildman–Crippen MR) is 85.3 cm³/mol. The van der Waals surface area contributed by atoms with Crippen LogP contribution in [-0.2, 0) is 0 Å². The van der Waals surface area contributed by atoms with Gasteiger partial charge in [0.05, 0.1) is 16.9 Å². The van der Waals surface area contributed by atoms with E-state index in [1.54, 1.807) is 6.20 Å². The summed E-state index contributed by atoms with van der Waals surface area (Å²) in [7, 11) is 1.96. The summed E-state index contributed by atoms with van der Waals surface area (Å²) in [6.07, 6.45) is 3.77. The van der Waals surface area contributed by atoms with Crippen LogP contribution in [-0.4, -0.2) is 24.5 Å². The zero-order valence-corrected chi connectivity index (χ0v) is 12.4. The molecule has 0 fully saturated rings. The Morgan fingerprint density at radius 1 is 1.10 bits per heavy atom. The smallest absolute Gasteiger partial charge is 0.262 e. The van der Waals surface area contributed by atoms with Crippen LogP contribution in [0.25, 0.3) is 0 Å². The van der Waals surface area contributed by atoms with Gasteiger partial charge in [-0.2, -0.15) is 0 Å². The van der Waals surface area contributed by atoms with Gasteiger partial charge in [0.25, 0.3) is 5.91 Å². The third kappa shape index (κ3) is 2.27. The highest BCUT2D eigenvalue weighted by Gasteiger charge is 2.29. The van der Waals surface area contributed by atoms with E-state index in [2.05, 4.69) is 11.9 Å². The Morgan fingerprint density at radius 3 is 2.62 bits per heavy atom. The largest absolute Gasteiger partial charge is 0.327 e. The quantitative estimate of drug-likeness (QED) is 0.862. The molecule has 1 aliphatic heterocycles. The second kappa shape index (κ2) is 5.56.